The molecule has 0 spiro atoms. The first-order chi connectivity index (χ1) is 15.3. The van der Waals surface area contributed by atoms with Gasteiger partial charge in [0, 0.05) is 18.4 Å². The van der Waals surface area contributed by atoms with E-state index in [-0.39, 0.29) is 0 Å². The Morgan fingerprint density at radius 2 is 2.03 bits per heavy atom. The predicted octanol–water partition coefficient (Wildman–Crippen LogP) is 7.23. The molecule has 174 valence electrons. The molecule has 5 heteroatoms. The van der Waals surface area contributed by atoms with Crippen molar-refractivity contribution in [2.24, 2.45) is 5.92 Å². The highest BCUT2D eigenvalue weighted by Gasteiger charge is 2.15. The summed E-state index contributed by atoms with van der Waals surface area (Å²) in [6, 6.07) is 5.78. The maximum Gasteiger partial charge on any atom is 0.222 e. The fourth-order valence-electron chi connectivity index (χ4n) is 3.20. The van der Waals surface area contributed by atoms with Gasteiger partial charge >= 0.3 is 0 Å². The highest BCUT2D eigenvalue weighted by atomic mass is 16.5. The zero-order valence-corrected chi connectivity index (χ0v) is 20.9. The van der Waals surface area contributed by atoms with Gasteiger partial charge in [-0.2, -0.15) is 0 Å². The van der Waals surface area contributed by atoms with Crippen molar-refractivity contribution in [2.75, 3.05) is 18.5 Å². The molecule has 0 aromatic carbocycles. The van der Waals surface area contributed by atoms with Crippen LogP contribution in [0.5, 0.6) is 5.88 Å². The fourth-order valence-corrected chi connectivity index (χ4v) is 3.20. The quantitative estimate of drug-likeness (QED) is 0.304. The van der Waals surface area contributed by atoms with E-state index in [2.05, 4.69) is 37.7 Å². The van der Waals surface area contributed by atoms with E-state index in [1.165, 1.54) is 12.8 Å². The predicted molar refractivity (Wildman–Crippen MR) is 138 cm³/mol. The van der Waals surface area contributed by atoms with Gasteiger partial charge in [-0.25, -0.2) is 9.97 Å². The molecule has 0 saturated carbocycles. The third kappa shape index (κ3) is 8.29. The number of aromatic nitrogens is 2. The Bertz CT molecular complexity index is 916. The molecule has 2 aromatic rings. The summed E-state index contributed by atoms with van der Waals surface area (Å²) in [6.45, 7) is 19.4. The lowest BCUT2D eigenvalue weighted by atomic mass is 10.1. The Morgan fingerprint density at radius 1 is 1.31 bits per heavy atom. The molecule has 0 bridgehead atoms. The number of ether oxygens (including phenoxy) is 1. The van der Waals surface area contributed by atoms with Crippen LogP contribution in [-0.2, 0) is 0 Å². The van der Waals surface area contributed by atoms with Gasteiger partial charge in [0.1, 0.15) is 0 Å². The molecule has 0 fully saturated rings. The van der Waals surface area contributed by atoms with Gasteiger partial charge < -0.3 is 15.5 Å². The van der Waals surface area contributed by atoms with Gasteiger partial charge in [0.2, 0.25) is 5.88 Å². The molecule has 5 nitrogen and oxygen atoms in total. The van der Waals surface area contributed by atoms with Crippen LogP contribution in [0.1, 0.15) is 65.6 Å². The third-order valence-electron chi connectivity index (χ3n) is 4.94. The Balaban J connectivity index is 0.000000751. The van der Waals surface area contributed by atoms with Gasteiger partial charge in [0.25, 0.3) is 0 Å². The van der Waals surface area contributed by atoms with E-state index in [1.54, 1.807) is 13.1 Å². The number of anilines is 1. The number of nitrogens with one attached hydrogen (secondary N) is 2. The van der Waals surface area contributed by atoms with Crippen molar-refractivity contribution in [3.8, 4) is 17.1 Å². The summed E-state index contributed by atoms with van der Waals surface area (Å²) in [7, 11) is 0. The summed E-state index contributed by atoms with van der Waals surface area (Å²) < 4.78 is 5.65. The van der Waals surface area contributed by atoms with Crippen LogP contribution in [0.4, 0.5) is 5.69 Å². The Morgan fingerprint density at radius 3 is 2.53 bits per heavy atom. The topological polar surface area (TPSA) is 70.9 Å². The molecule has 2 N–H and O–H groups in total. The molecule has 0 aliphatic rings. The van der Waals surface area contributed by atoms with Crippen molar-refractivity contribution >= 4 is 11.4 Å². The Hall–Kier alpha value is -2.95. The molecule has 0 radical (unpaired) electrons. The minimum absolute atomic E-state index is 0.421. The molecular weight excluding hydrogens is 396 g/mol. The maximum absolute atomic E-state index is 8.09. The summed E-state index contributed by atoms with van der Waals surface area (Å²) in [5.41, 5.74) is 5.62. The number of hydrogen-bond donors (Lipinski definition) is 2. The van der Waals surface area contributed by atoms with Crippen LogP contribution in [-0.4, -0.2) is 28.8 Å². The van der Waals surface area contributed by atoms with Crippen LogP contribution in [0.2, 0.25) is 0 Å². The molecule has 0 amide bonds. The normalized spacial score (nSPS) is 10.9. The second-order valence-electron chi connectivity index (χ2n) is 8.05. The van der Waals surface area contributed by atoms with Crippen molar-refractivity contribution in [3.63, 3.8) is 0 Å². The molecular formula is C27H40N4O. The van der Waals surface area contributed by atoms with E-state index in [0.717, 1.165) is 34.0 Å². The average Bonchev–Trinajstić information content (AvgIpc) is 2.76. The van der Waals surface area contributed by atoms with Crippen LogP contribution < -0.4 is 10.1 Å². The highest BCUT2D eigenvalue weighted by molar-refractivity contribution is 5.97. The van der Waals surface area contributed by atoms with E-state index in [4.69, 9.17) is 15.1 Å². The zero-order valence-electron chi connectivity index (χ0n) is 20.9. The average molecular weight is 437 g/mol. The van der Waals surface area contributed by atoms with Gasteiger partial charge in [0.05, 0.1) is 29.3 Å². The van der Waals surface area contributed by atoms with E-state index >= 15 is 0 Å². The van der Waals surface area contributed by atoms with E-state index in [0.29, 0.717) is 30.4 Å². The summed E-state index contributed by atoms with van der Waals surface area (Å²) in [5, 5.41) is 11.5. The first kappa shape index (κ1) is 27.1. The van der Waals surface area contributed by atoms with Crippen LogP contribution >= 0.6 is 0 Å². The molecule has 0 atom stereocenters. The van der Waals surface area contributed by atoms with Gasteiger partial charge in [-0.15, -0.1) is 0 Å². The summed E-state index contributed by atoms with van der Waals surface area (Å²) in [4.78, 5) is 9.01. The molecule has 2 aromatic heterocycles. The second-order valence-corrected chi connectivity index (χ2v) is 8.05. The molecule has 32 heavy (non-hydrogen) atoms. The smallest absolute Gasteiger partial charge is 0.222 e. The van der Waals surface area contributed by atoms with Crippen molar-refractivity contribution in [1.29, 1.82) is 5.41 Å². The second kappa shape index (κ2) is 14.2. The van der Waals surface area contributed by atoms with Gasteiger partial charge in [-0.05, 0) is 62.9 Å². The minimum atomic E-state index is 0.421. The van der Waals surface area contributed by atoms with Crippen molar-refractivity contribution in [1.82, 2.24) is 9.97 Å². The Kier molecular flexibility index (Phi) is 12.0. The van der Waals surface area contributed by atoms with Crippen molar-refractivity contribution in [3.05, 3.63) is 60.0 Å². The maximum atomic E-state index is 8.09. The minimum Gasteiger partial charge on any atom is -0.477 e. The SMILES string of the molecule is C=C/C(=C\C)CNc1cc(-c2cccnc2OCC)nc(C(C)=N)c1C.CCCC(C)C. The summed E-state index contributed by atoms with van der Waals surface area (Å²) >= 11 is 0. The number of nitrogens with zero attached hydrogens (tertiary/aromatic N) is 2. The van der Waals surface area contributed by atoms with Crippen LogP contribution in [0.25, 0.3) is 11.3 Å². The van der Waals surface area contributed by atoms with Crippen LogP contribution in [0.15, 0.2) is 48.7 Å². The number of hydrogen-bond acceptors (Lipinski definition) is 5. The summed E-state index contributed by atoms with van der Waals surface area (Å²) in [5.74, 6) is 1.45. The molecule has 0 unspecified atom stereocenters. The molecule has 0 aliphatic heterocycles. The highest BCUT2D eigenvalue weighted by Crippen LogP contribution is 2.31. The zero-order chi connectivity index (χ0) is 24.1. The number of rotatable bonds is 10. The van der Waals surface area contributed by atoms with Crippen molar-refractivity contribution in [2.45, 2.75) is 61.3 Å². The summed E-state index contributed by atoms with van der Waals surface area (Å²) in [6.07, 6.45) is 8.26. The Labute approximate surface area is 194 Å². The molecule has 0 aliphatic carbocycles. The lowest BCUT2D eigenvalue weighted by Gasteiger charge is -2.16. The van der Waals surface area contributed by atoms with E-state index < -0.39 is 0 Å². The van der Waals surface area contributed by atoms with Gasteiger partial charge in [-0.3, -0.25) is 0 Å². The monoisotopic (exact) mass is 436 g/mol. The standard InChI is InChI=1S/C21H26N4O.C6H14/c1-6-16(7-2)13-24-18-12-19(25-20(14(18)4)15(5)22)17-10-9-11-23-21(17)26-8-3;1-4-5-6(2)3/h6-7,9-12,22H,1,8,13H2,2-5H3,(H,24,25);6H,4-5H2,1-3H3/b16-7+,22-15?;. The van der Waals surface area contributed by atoms with Gasteiger partial charge in [0.15, 0.2) is 0 Å². The first-order valence-electron chi connectivity index (χ1n) is 11.5. The van der Waals surface area contributed by atoms with Crippen LogP contribution in [0, 0.1) is 18.3 Å². The number of allylic oxidation sites excluding steroid dienone is 1. The molecule has 2 heterocycles. The third-order valence-corrected chi connectivity index (χ3v) is 4.94. The van der Waals surface area contributed by atoms with Crippen molar-refractivity contribution < 1.29 is 4.74 Å². The molecule has 2 rings (SSSR count). The largest absolute Gasteiger partial charge is 0.477 e. The molecule has 0 saturated heterocycles. The van der Waals surface area contributed by atoms with E-state index in [9.17, 15) is 0 Å². The van der Waals surface area contributed by atoms with E-state index in [1.807, 2.05) is 51.1 Å². The lowest BCUT2D eigenvalue weighted by Crippen LogP contribution is -2.10. The van der Waals surface area contributed by atoms with Crippen LogP contribution in [0.3, 0.4) is 0 Å². The lowest BCUT2D eigenvalue weighted by molar-refractivity contribution is 0.328. The fraction of sp³-hybridized carbons (Fsp3) is 0.444. The first-order valence-corrected chi connectivity index (χ1v) is 11.5. The van der Waals surface area contributed by atoms with Gasteiger partial charge in [-0.1, -0.05) is 52.3 Å². The number of pyridine rings is 2.